The molecule has 0 spiro atoms. The second-order valence-electron chi connectivity index (χ2n) is 10.2. The molecule has 0 bridgehead atoms. The third-order valence-corrected chi connectivity index (χ3v) is 7.58. The van der Waals surface area contributed by atoms with Crippen LogP contribution in [0, 0.1) is 0 Å². The molecule has 208 valence electrons. The molecule has 1 N–H and O–H groups in total. The average molecular weight is 541 g/mol. The summed E-state index contributed by atoms with van der Waals surface area (Å²) in [6, 6.07) is 14.4. The standard InChI is InChI=1S/C30H36N8O2/c1-39-27-19-26-25(18-28(27)40-16-15-36-9-7-31-8-10-36)29(35-22-34-26)37-11-13-38(14-12-37)30-32-20-24(21-33-30)17-23-5-3-2-4-6-23/h2-6,18-22,31H,7-17H2,1H3. The van der Waals surface area contributed by atoms with Crippen molar-refractivity contribution in [2.45, 2.75) is 6.42 Å². The third-order valence-electron chi connectivity index (χ3n) is 7.58. The average Bonchev–Trinajstić information content (AvgIpc) is 3.02. The van der Waals surface area contributed by atoms with E-state index < -0.39 is 0 Å². The predicted octanol–water partition coefficient (Wildman–Crippen LogP) is 2.63. The van der Waals surface area contributed by atoms with Gasteiger partial charge in [0.25, 0.3) is 0 Å². The van der Waals surface area contributed by atoms with E-state index in [1.807, 2.05) is 30.6 Å². The van der Waals surface area contributed by atoms with Gasteiger partial charge in [0.1, 0.15) is 18.8 Å². The molecule has 2 fully saturated rings. The fourth-order valence-electron chi connectivity index (χ4n) is 5.35. The largest absolute Gasteiger partial charge is 0.493 e. The molecule has 6 rings (SSSR count). The van der Waals surface area contributed by atoms with Gasteiger partial charge in [-0.1, -0.05) is 30.3 Å². The Bertz CT molecular complexity index is 1390. The Kier molecular flexibility index (Phi) is 8.15. The Morgan fingerprint density at radius 3 is 2.30 bits per heavy atom. The van der Waals surface area contributed by atoms with Crippen LogP contribution in [0.5, 0.6) is 11.5 Å². The van der Waals surface area contributed by atoms with Crippen LogP contribution in [0.15, 0.2) is 61.2 Å². The van der Waals surface area contributed by atoms with Gasteiger partial charge in [-0.3, -0.25) is 4.90 Å². The first-order chi connectivity index (χ1) is 19.8. The van der Waals surface area contributed by atoms with E-state index in [-0.39, 0.29) is 0 Å². The number of fused-ring (bicyclic) bond motifs is 1. The number of anilines is 2. The van der Waals surface area contributed by atoms with Gasteiger partial charge in [0.15, 0.2) is 11.5 Å². The molecule has 0 atom stereocenters. The smallest absolute Gasteiger partial charge is 0.225 e. The van der Waals surface area contributed by atoms with Crippen LogP contribution >= 0.6 is 0 Å². The Balaban J connectivity index is 1.11. The minimum Gasteiger partial charge on any atom is -0.493 e. The summed E-state index contributed by atoms with van der Waals surface area (Å²) in [7, 11) is 1.67. The molecule has 40 heavy (non-hydrogen) atoms. The molecule has 2 aromatic carbocycles. The highest BCUT2D eigenvalue weighted by atomic mass is 16.5. The number of nitrogens with zero attached hydrogens (tertiary/aromatic N) is 7. The van der Waals surface area contributed by atoms with E-state index in [2.05, 4.69) is 64.2 Å². The molecule has 2 aliphatic rings. The normalized spacial score (nSPS) is 16.3. The molecule has 0 saturated carbocycles. The van der Waals surface area contributed by atoms with Crippen LogP contribution in [-0.4, -0.2) is 97.5 Å². The topological polar surface area (TPSA) is 91.8 Å². The fraction of sp³-hybridized carbons (Fsp3) is 0.400. The van der Waals surface area contributed by atoms with Crippen molar-refractivity contribution in [1.29, 1.82) is 0 Å². The third kappa shape index (κ3) is 6.08. The molecular weight excluding hydrogens is 504 g/mol. The van der Waals surface area contributed by atoms with Crippen molar-refractivity contribution in [3.05, 3.63) is 72.3 Å². The first-order valence-corrected chi connectivity index (χ1v) is 14.0. The maximum Gasteiger partial charge on any atom is 0.225 e. The number of ether oxygens (including phenoxy) is 2. The van der Waals surface area contributed by atoms with Gasteiger partial charge in [0.05, 0.1) is 12.6 Å². The molecule has 4 heterocycles. The SMILES string of the molecule is COc1cc2ncnc(N3CCN(c4ncc(Cc5ccccc5)cn4)CC3)c2cc1OCCN1CCNCC1. The predicted molar refractivity (Wildman–Crippen MR) is 157 cm³/mol. The van der Waals surface area contributed by atoms with Crippen molar-refractivity contribution < 1.29 is 9.47 Å². The lowest BCUT2D eigenvalue weighted by Crippen LogP contribution is -2.47. The molecule has 0 unspecified atom stereocenters. The molecular formula is C30H36N8O2. The van der Waals surface area contributed by atoms with E-state index in [0.29, 0.717) is 12.4 Å². The number of rotatable bonds is 9. The van der Waals surface area contributed by atoms with Gasteiger partial charge in [-0.15, -0.1) is 0 Å². The highest BCUT2D eigenvalue weighted by Crippen LogP contribution is 2.35. The molecule has 0 aliphatic carbocycles. The molecule has 4 aromatic rings. The van der Waals surface area contributed by atoms with E-state index in [9.17, 15) is 0 Å². The number of nitrogens with one attached hydrogen (secondary N) is 1. The molecule has 10 heteroatoms. The fourth-order valence-corrected chi connectivity index (χ4v) is 5.35. The summed E-state index contributed by atoms with van der Waals surface area (Å²) in [5.74, 6) is 3.10. The number of aromatic nitrogens is 4. The van der Waals surface area contributed by atoms with Crippen LogP contribution in [-0.2, 0) is 6.42 Å². The van der Waals surface area contributed by atoms with Gasteiger partial charge < -0.3 is 24.6 Å². The zero-order chi connectivity index (χ0) is 27.1. The molecule has 2 aromatic heterocycles. The summed E-state index contributed by atoms with van der Waals surface area (Å²) >= 11 is 0. The second kappa shape index (κ2) is 12.4. The van der Waals surface area contributed by atoms with Gasteiger partial charge in [-0.05, 0) is 17.2 Å². The number of methoxy groups -OCH3 is 1. The van der Waals surface area contributed by atoms with E-state index in [1.165, 1.54) is 5.56 Å². The van der Waals surface area contributed by atoms with E-state index in [1.54, 1.807) is 13.4 Å². The van der Waals surface area contributed by atoms with Crippen LogP contribution in [0.2, 0.25) is 0 Å². The summed E-state index contributed by atoms with van der Waals surface area (Å²) in [5, 5.41) is 4.36. The van der Waals surface area contributed by atoms with Crippen molar-refractivity contribution in [1.82, 2.24) is 30.2 Å². The quantitative estimate of drug-likeness (QED) is 0.342. The summed E-state index contributed by atoms with van der Waals surface area (Å²) in [6.45, 7) is 8.89. The summed E-state index contributed by atoms with van der Waals surface area (Å²) < 4.78 is 11.9. The van der Waals surface area contributed by atoms with E-state index in [0.717, 1.165) is 99.3 Å². The number of benzene rings is 2. The Labute approximate surface area is 235 Å². The maximum atomic E-state index is 6.22. The van der Waals surface area contributed by atoms with Crippen LogP contribution in [0.25, 0.3) is 10.9 Å². The van der Waals surface area contributed by atoms with Crippen molar-refractivity contribution in [3.63, 3.8) is 0 Å². The zero-order valence-electron chi connectivity index (χ0n) is 23.0. The highest BCUT2D eigenvalue weighted by Gasteiger charge is 2.23. The minimum atomic E-state index is 0.605. The van der Waals surface area contributed by atoms with Crippen LogP contribution in [0.3, 0.4) is 0 Å². The van der Waals surface area contributed by atoms with Gasteiger partial charge in [-0.2, -0.15) is 0 Å². The molecule has 2 aliphatic heterocycles. The van der Waals surface area contributed by atoms with Gasteiger partial charge in [0.2, 0.25) is 5.95 Å². The first kappa shape index (κ1) is 26.2. The highest BCUT2D eigenvalue weighted by molar-refractivity contribution is 5.92. The van der Waals surface area contributed by atoms with Crippen LogP contribution in [0.1, 0.15) is 11.1 Å². The first-order valence-electron chi connectivity index (χ1n) is 14.0. The maximum absolute atomic E-state index is 6.22. The van der Waals surface area contributed by atoms with Crippen LogP contribution < -0.4 is 24.6 Å². The van der Waals surface area contributed by atoms with Crippen molar-refractivity contribution in [2.24, 2.45) is 0 Å². The number of hydrogen-bond donors (Lipinski definition) is 1. The van der Waals surface area contributed by atoms with E-state index >= 15 is 0 Å². The lowest BCUT2D eigenvalue weighted by molar-refractivity contribution is 0.188. The lowest BCUT2D eigenvalue weighted by Gasteiger charge is -2.35. The molecule has 2 saturated heterocycles. The second-order valence-corrected chi connectivity index (χ2v) is 10.2. The van der Waals surface area contributed by atoms with Gasteiger partial charge in [0, 0.05) is 89.2 Å². The summed E-state index contributed by atoms with van der Waals surface area (Å²) in [4.78, 5) is 25.5. The Morgan fingerprint density at radius 1 is 0.800 bits per heavy atom. The van der Waals surface area contributed by atoms with Gasteiger partial charge >= 0.3 is 0 Å². The lowest BCUT2D eigenvalue weighted by atomic mass is 10.1. The van der Waals surface area contributed by atoms with Gasteiger partial charge in [-0.25, -0.2) is 19.9 Å². The molecule has 0 radical (unpaired) electrons. The zero-order valence-corrected chi connectivity index (χ0v) is 23.0. The number of hydrogen-bond acceptors (Lipinski definition) is 10. The minimum absolute atomic E-state index is 0.605. The monoisotopic (exact) mass is 540 g/mol. The van der Waals surface area contributed by atoms with E-state index in [4.69, 9.17) is 9.47 Å². The van der Waals surface area contributed by atoms with Crippen molar-refractivity contribution >= 4 is 22.7 Å². The summed E-state index contributed by atoms with van der Waals surface area (Å²) in [6.07, 6.45) is 6.35. The molecule has 0 amide bonds. The number of piperazine rings is 2. The van der Waals surface area contributed by atoms with Crippen molar-refractivity contribution in [3.8, 4) is 11.5 Å². The molecule has 10 nitrogen and oxygen atoms in total. The summed E-state index contributed by atoms with van der Waals surface area (Å²) in [5.41, 5.74) is 3.22. The van der Waals surface area contributed by atoms with Crippen LogP contribution in [0.4, 0.5) is 11.8 Å². The Morgan fingerprint density at radius 2 is 1.55 bits per heavy atom. The Hall–Kier alpha value is -4.02. The van der Waals surface area contributed by atoms with Crippen molar-refractivity contribution in [2.75, 3.05) is 82.4 Å².